The first-order valence-corrected chi connectivity index (χ1v) is 7.55. The van der Waals surface area contributed by atoms with Crippen LogP contribution in [0.3, 0.4) is 0 Å². The molecule has 2 heterocycles. The van der Waals surface area contributed by atoms with E-state index < -0.39 is 0 Å². The highest BCUT2D eigenvalue weighted by Gasteiger charge is 2.41. The summed E-state index contributed by atoms with van der Waals surface area (Å²) in [5.41, 5.74) is 0.882. The van der Waals surface area contributed by atoms with Gasteiger partial charge in [-0.25, -0.2) is 4.79 Å². The van der Waals surface area contributed by atoms with Crippen molar-refractivity contribution in [3.8, 4) is 0 Å². The number of hydrogen-bond acceptors (Lipinski definition) is 2. The van der Waals surface area contributed by atoms with Gasteiger partial charge in [-0.2, -0.15) is 0 Å². The van der Waals surface area contributed by atoms with E-state index >= 15 is 0 Å². The molecule has 0 aromatic heterocycles. The standard InChI is InChI=1S/C14H17Cl2N3O/c15-10-1-2-12(11(16)7-10)18-13(20)19-6-4-14(9-19)3-5-17-8-14/h1-2,7,17H,3-6,8-9H2,(H,18,20). The lowest BCUT2D eigenvalue weighted by molar-refractivity contribution is 0.215. The Bertz CT molecular complexity index is 529. The van der Waals surface area contributed by atoms with Gasteiger partial charge < -0.3 is 15.5 Å². The predicted octanol–water partition coefficient (Wildman–Crippen LogP) is 3.21. The highest BCUT2D eigenvalue weighted by atomic mass is 35.5. The second-order valence-electron chi connectivity index (χ2n) is 5.65. The quantitative estimate of drug-likeness (QED) is 0.836. The first-order chi connectivity index (χ1) is 9.58. The molecule has 4 nitrogen and oxygen atoms in total. The lowest BCUT2D eigenvalue weighted by atomic mass is 9.87. The van der Waals surface area contributed by atoms with Crippen molar-refractivity contribution in [2.24, 2.45) is 5.41 Å². The van der Waals surface area contributed by atoms with Crippen molar-refractivity contribution in [1.82, 2.24) is 10.2 Å². The second kappa shape index (κ2) is 5.43. The molecule has 1 unspecified atom stereocenters. The monoisotopic (exact) mass is 313 g/mol. The number of amides is 2. The van der Waals surface area contributed by atoms with Gasteiger partial charge in [0.25, 0.3) is 0 Å². The number of hydrogen-bond donors (Lipinski definition) is 2. The van der Waals surface area contributed by atoms with Gasteiger partial charge in [-0.3, -0.25) is 0 Å². The average molecular weight is 314 g/mol. The Balaban J connectivity index is 1.65. The molecule has 2 N–H and O–H groups in total. The molecule has 1 spiro atoms. The molecule has 108 valence electrons. The van der Waals surface area contributed by atoms with Crippen LogP contribution in [-0.4, -0.2) is 37.1 Å². The predicted molar refractivity (Wildman–Crippen MR) is 81.6 cm³/mol. The number of carbonyl (C=O) groups is 1. The molecule has 0 bridgehead atoms. The minimum atomic E-state index is -0.0852. The molecule has 2 aliphatic rings. The Morgan fingerprint density at radius 1 is 1.35 bits per heavy atom. The summed E-state index contributed by atoms with van der Waals surface area (Å²) in [5, 5.41) is 7.27. The zero-order valence-corrected chi connectivity index (χ0v) is 12.6. The van der Waals surface area contributed by atoms with Crippen LogP contribution in [0, 0.1) is 5.41 Å². The fraction of sp³-hybridized carbons (Fsp3) is 0.500. The van der Waals surface area contributed by atoms with Crippen molar-refractivity contribution in [2.75, 3.05) is 31.5 Å². The van der Waals surface area contributed by atoms with E-state index in [-0.39, 0.29) is 11.4 Å². The van der Waals surface area contributed by atoms with E-state index in [1.807, 2.05) is 4.90 Å². The highest BCUT2D eigenvalue weighted by Crippen LogP contribution is 2.36. The molecule has 3 rings (SSSR count). The zero-order chi connectivity index (χ0) is 14.2. The van der Waals surface area contributed by atoms with E-state index in [4.69, 9.17) is 23.2 Å². The maximum atomic E-state index is 12.3. The van der Waals surface area contributed by atoms with E-state index in [2.05, 4.69) is 10.6 Å². The van der Waals surface area contributed by atoms with Gasteiger partial charge in [-0.1, -0.05) is 23.2 Å². The maximum Gasteiger partial charge on any atom is 0.321 e. The molecule has 20 heavy (non-hydrogen) atoms. The lowest BCUT2D eigenvalue weighted by Crippen LogP contribution is -2.36. The number of nitrogens with one attached hydrogen (secondary N) is 2. The Hall–Kier alpha value is -0.970. The van der Waals surface area contributed by atoms with Crippen molar-refractivity contribution in [2.45, 2.75) is 12.8 Å². The Morgan fingerprint density at radius 2 is 2.20 bits per heavy atom. The number of benzene rings is 1. The molecule has 2 fully saturated rings. The van der Waals surface area contributed by atoms with Crippen molar-refractivity contribution in [3.63, 3.8) is 0 Å². The van der Waals surface area contributed by atoms with Gasteiger partial charge in [0.15, 0.2) is 0 Å². The normalized spacial score (nSPS) is 25.4. The molecule has 2 amide bonds. The van der Waals surface area contributed by atoms with E-state index in [1.54, 1.807) is 18.2 Å². The molecule has 0 saturated carbocycles. The van der Waals surface area contributed by atoms with Gasteiger partial charge >= 0.3 is 6.03 Å². The molecule has 1 aromatic carbocycles. The molecule has 0 aliphatic carbocycles. The van der Waals surface area contributed by atoms with E-state index in [1.165, 1.54) is 0 Å². The smallest absolute Gasteiger partial charge is 0.321 e. The number of halogens is 2. The zero-order valence-electron chi connectivity index (χ0n) is 11.1. The number of carbonyl (C=O) groups excluding carboxylic acids is 1. The van der Waals surface area contributed by atoms with Crippen molar-refractivity contribution in [3.05, 3.63) is 28.2 Å². The third-order valence-corrected chi connectivity index (χ3v) is 4.78. The van der Waals surface area contributed by atoms with Gasteiger partial charge in [0.1, 0.15) is 0 Å². The average Bonchev–Trinajstić information content (AvgIpc) is 3.04. The second-order valence-corrected chi connectivity index (χ2v) is 6.50. The van der Waals surface area contributed by atoms with Crippen molar-refractivity contribution >= 4 is 34.9 Å². The topological polar surface area (TPSA) is 44.4 Å². The number of urea groups is 1. The summed E-state index contributed by atoms with van der Waals surface area (Å²) in [4.78, 5) is 14.2. The Kier molecular flexibility index (Phi) is 3.80. The minimum Gasteiger partial charge on any atom is -0.324 e. The van der Waals surface area contributed by atoms with Crippen LogP contribution in [0.2, 0.25) is 10.0 Å². The van der Waals surface area contributed by atoms with Crippen LogP contribution < -0.4 is 10.6 Å². The fourth-order valence-electron chi connectivity index (χ4n) is 3.04. The summed E-state index contributed by atoms with van der Waals surface area (Å²) in [5.74, 6) is 0. The molecule has 0 radical (unpaired) electrons. The third kappa shape index (κ3) is 2.73. The van der Waals surface area contributed by atoms with Crippen molar-refractivity contribution in [1.29, 1.82) is 0 Å². The van der Waals surface area contributed by atoms with Crippen LogP contribution in [0.15, 0.2) is 18.2 Å². The van der Waals surface area contributed by atoms with Crippen molar-refractivity contribution < 1.29 is 4.79 Å². The summed E-state index contributed by atoms with van der Waals surface area (Å²) in [6, 6.07) is 4.99. The first-order valence-electron chi connectivity index (χ1n) is 6.80. The molecular weight excluding hydrogens is 297 g/mol. The summed E-state index contributed by atoms with van der Waals surface area (Å²) in [6.07, 6.45) is 2.22. The van der Waals surface area contributed by atoms with Gasteiger partial charge in [-0.05, 0) is 37.6 Å². The molecular formula is C14H17Cl2N3O. The van der Waals surface area contributed by atoms with Gasteiger partial charge in [0.2, 0.25) is 0 Å². The Labute approximate surface area is 128 Å². The van der Waals surface area contributed by atoms with E-state index in [0.717, 1.165) is 39.0 Å². The van der Waals surface area contributed by atoms with Crippen LogP contribution >= 0.6 is 23.2 Å². The third-order valence-electron chi connectivity index (χ3n) is 4.23. The van der Waals surface area contributed by atoms with Crippen LogP contribution in [0.4, 0.5) is 10.5 Å². The molecule has 1 aromatic rings. The summed E-state index contributed by atoms with van der Waals surface area (Å²) in [7, 11) is 0. The SMILES string of the molecule is O=C(Nc1ccc(Cl)cc1Cl)N1CCC2(CCNC2)C1. The van der Waals surface area contributed by atoms with Gasteiger partial charge in [0.05, 0.1) is 10.7 Å². The summed E-state index contributed by atoms with van der Waals surface area (Å²) >= 11 is 11.9. The number of rotatable bonds is 1. The van der Waals surface area contributed by atoms with Gasteiger partial charge in [0, 0.05) is 30.1 Å². The largest absolute Gasteiger partial charge is 0.324 e. The minimum absolute atomic E-state index is 0.0852. The molecule has 1 atom stereocenters. The van der Waals surface area contributed by atoms with Gasteiger partial charge in [-0.15, -0.1) is 0 Å². The molecule has 2 aliphatic heterocycles. The number of likely N-dealkylation sites (tertiary alicyclic amines) is 1. The van der Waals surface area contributed by atoms with Crippen LogP contribution in [0.5, 0.6) is 0 Å². The first kappa shape index (κ1) is 14.0. The van der Waals surface area contributed by atoms with Crippen LogP contribution in [-0.2, 0) is 0 Å². The van der Waals surface area contributed by atoms with Crippen LogP contribution in [0.1, 0.15) is 12.8 Å². The van der Waals surface area contributed by atoms with E-state index in [0.29, 0.717) is 15.7 Å². The lowest BCUT2D eigenvalue weighted by Gasteiger charge is -2.23. The number of anilines is 1. The summed E-state index contributed by atoms with van der Waals surface area (Å²) in [6.45, 7) is 3.69. The molecule has 6 heteroatoms. The maximum absolute atomic E-state index is 12.3. The Morgan fingerprint density at radius 3 is 2.90 bits per heavy atom. The van der Waals surface area contributed by atoms with E-state index in [9.17, 15) is 4.79 Å². The highest BCUT2D eigenvalue weighted by molar-refractivity contribution is 6.36. The van der Waals surface area contributed by atoms with Crippen LogP contribution in [0.25, 0.3) is 0 Å². The fourth-order valence-corrected chi connectivity index (χ4v) is 3.49. The molecule has 2 saturated heterocycles. The number of nitrogens with zero attached hydrogens (tertiary/aromatic N) is 1. The summed E-state index contributed by atoms with van der Waals surface area (Å²) < 4.78 is 0.